The highest BCUT2D eigenvalue weighted by Crippen LogP contribution is 2.17. The molecule has 0 bridgehead atoms. The van der Waals surface area contributed by atoms with Crippen LogP contribution in [0.1, 0.15) is 25.3 Å². The standard InChI is InChI=1S/C15H23ClN2O/c1-15(11-17,18-10-14-3-2-8-19-14)9-12-4-6-13(16)7-5-12/h4-7,14,18H,2-3,8-11,17H2,1H3. The molecule has 1 aliphatic rings. The van der Waals surface area contributed by atoms with E-state index in [-0.39, 0.29) is 5.54 Å². The van der Waals surface area contributed by atoms with Crippen LogP contribution in [0.5, 0.6) is 0 Å². The van der Waals surface area contributed by atoms with Crippen LogP contribution in [-0.4, -0.2) is 31.3 Å². The van der Waals surface area contributed by atoms with Crippen molar-refractivity contribution >= 4 is 11.6 Å². The minimum Gasteiger partial charge on any atom is -0.377 e. The van der Waals surface area contributed by atoms with Crippen LogP contribution in [0.2, 0.25) is 5.02 Å². The first kappa shape index (κ1) is 14.8. The van der Waals surface area contributed by atoms with Gasteiger partial charge in [0.15, 0.2) is 0 Å². The zero-order chi connectivity index (χ0) is 13.7. The Labute approximate surface area is 120 Å². The van der Waals surface area contributed by atoms with Gasteiger partial charge in [-0.2, -0.15) is 0 Å². The summed E-state index contributed by atoms with van der Waals surface area (Å²) < 4.78 is 5.64. The molecule has 1 saturated heterocycles. The summed E-state index contributed by atoms with van der Waals surface area (Å²) in [5.41, 5.74) is 7.09. The Hall–Kier alpha value is -0.610. The van der Waals surface area contributed by atoms with Crippen molar-refractivity contribution in [3.8, 4) is 0 Å². The van der Waals surface area contributed by atoms with Crippen molar-refractivity contribution in [1.29, 1.82) is 0 Å². The number of hydrogen-bond donors (Lipinski definition) is 2. The van der Waals surface area contributed by atoms with Crippen LogP contribution in [0, 0.1) is 0 Å². The summed E-state index contributed by atoms with van der Waals surface area (Å²) in [5.74, 6) is 0. The second-order valence-corrected chi connectivity index (χ2v) is 6.02. The molecule has 1 aromatic carbocycles. The van der Waals surface area contributed by atoms with Crippen LogP contribution in [0.25, 0.3) is 0 Å². The van der Waals surface area contributed by atoms with Gasteiger partial charge in [0.2, 0.25) is 0 Å². The van der Waals surface area contributed by atoms with Crippen molar-refractivity contribution in [3.63, 3.8) is 0 Å². The number of rotatable bonds is 6. The molecule has 0 amide bonds. The Morgan fingerprint density at radius 3 is 2.74 bits per heavy atom. The molecular formula is C15H23ClN2O. The predicted molar refractivity (Wildman–Crippen MR) is 79.6 cm³/mol. The zero-order valence-electron chi connectivity index (χ0n) is 11.5. The number of nitrogens with two attached hydrogens (primary N) is 1. The molecule has 2 atom stereocenters. The van der Waals surface area contributed by atoms with Crippen LogP contribution in [0.4, 0.5) is 0 Å². The fraction of sp³-hybridized carbons (Fsp3) is 0.600. The topological polar surface area (TPSA) is 47.3 Å². The summed E-state index contributed by atoms with van der Waals surface area (Å²) >= 11 is 5.91. The van der Waals surface area contributed by atoms with E-state index in [1.807, 2.05) is 12.1 Å². The molecule has 0 aliphatic carbocycles. The van der Waals surface area contributed by atoms with Gasteiger partial charge in [0.1, 0.15) is 0 Å². The number of hydrogen-bond acceptors (Lipinski definition) is 3. The molecule has 0 aromatic heterocycles. The largest absolute Gasteiger partial charge is 0.377 e. The molecule has 1 aromatic rings. The number of nitrogens with one attached hydrogen (secondary N) is 1. The molecule has 2 unspecified atom stereocenters. The molecule has 0 spiro atoms. The Kier molecular flexibility index (Phi) is 5.22. The van der Waals surface area contributed by atoms with Gasteiger partial charge < -0.3 is 15.8 Å². The summed E-state index contributed by atoms with van der Waals surface area (Å²) in [6.45, 7) is 4.53. The molecular weight excluding hydrogens is 260 g/mol. The molecule has 106 valence electrons. The van der Waals surface area contributed by atoms with E-state index in [1.165, 1.54) is 12.0 Å². The van der Waals surface area contributed by atoms with E-state index >= 15 is 0 Å². The molecule has 1 fully saturated rings. The Morgan fingerprint density at radius 1 is 1.42 bits per heavy atom. The summed E-state index contributed by atoms with van der Waals surface area (Å²) in [5, 5.41) is 4.34. The first-order valence-electron chi connectivity index (χ1n) is 6.92. The van der Waals surface area contributed by atoms with Crippen LogP contribution >= 0.6 is 11.6 Å². The molecule has 19 heavy (non-hydrogen) atoms. The molecule has 3 nitrogen and oxygen atoms in total. The third-order valence-corrected chi connectivity index (χ3v) is 3.99. The zero-order valence-corrected chi connectivity index (χ0v) is 12.2. The number of benzene rings is 1. The third kappa shape index (κ3) is 4.46. The molecule has 1 heterocycles. The fourth-order valence-corrected chi connectivity index (χ4v) is 2.55. The van der Waals surface area contributed by atoms with Gasteiger partial charge in [-0.15, -0.1) is 0 Å². The van der Waals surface area contributed by atoms with Crippen molar-refractivity contribution in [1.82, 2.24) is 5.32 Å². The normalized spacial score (nSPS) is 22.4. The lowest BCUT2D eigenvalue weighted by molar-refractivity contribution is 0.102. The fourth-order valence-electron chi connectivity index (χ4n) is 2.43. The molecule has 1 aliphatic heterocycles. The highest BCUT2D eigenvalue weighted by atomic mass is 35.5. The highest BCUT2D eigenvalue weighted by molar-refractivity contribution is 6.30. The molecule has 0 radical (unpaired) electrons. The second kappa shape index (κ2) is 6.71. The SMILES string of the molecule is CC(CN)(Cc1ccc(Cl)cc1)NCC1CCCO1. The lowest BCUT2D eigenvalue weighted by Crippen LogP contribution is -2.52. The maximum Gasteiger partial charge on any atom is 0.0700 e. The van der Waals surface area contributed by atoms with E-state index in [9.17, 15) is 0 Å². The Bertz CT molecular complexity index is 390. The van der Waals surface area contributed by atoms with Gasteiger partial charge >= 0.3 is 0 Å². The smallest absolute Gasteiger partial charge is 0.0700 e. The molecule has 2 rings (SSSR count). The van der Waals surface area contributed by atoms with E-state index in [4.69, 9.17) is 22.1 Å². The van der Waals surface area contributed by atoms with Crippen LogP contribution in [-0.2, 0) is 11.2 Å². The maximum atomic E-state index is 5.94. The first-order chi connectivity index (χ1) is 9.11. The quantitative estimate of drug-likeness (QED) is 0.842. The van der Waals surface area contributed by atoms with Crippen molar-refractivity contribution in [2.24, 2.45) is 5.73 Å². The number of ether oxygens (including phenoxy) is 1. The van der Waals surface area contributed by atoms with Crippen molar-refractivity contribution in [3.05, 3.63) is 34.9 Å². The van der Waals surface area contributed by atoms with Crippen LogP contribution in [0.15, 0.2) is 24.3 Å². The minimum atomic E-state index is -0.0974. The average molecular weight is 283 g/mol. The van der Waals surface area contributed by atoms with Crippen molar-refractivity contribution < 1.29 is 4.74 Å². The average Bonchev–Trinajstić information content (AvgIpc) is 2.93. The molecule has 3 N–H and O–H groups in total. The summed E-state index contributed by atoms with van der Waals surface area (Å²) in [4.78, 5) is 0. The molecule has 0 saturated carbocycles. The van der Waals surface area contributed by atoms with Crippen LogP contribution in [0.3, 0.4) is 0 Å². The van der Waals surface area contributed by atoms with Gasteiger partial charge in [0.05, 0.1) is 6.10 Å². The molecule has 4 heteroatoms. The van der Waals surface area contributed by atoms with Crippen molar-refractivity contribution in [2.75, 3.05) is 19.7 Å². The summed E-state index contributed by atoms with van der Waals surface area (Å²) in [6, 6.07) is 7.97. The minimum absolute atomic E-state index is 0.0974. The van der Waals surface area contributed by atoms with Crippen LogP contribution < -0.4 is 11.1 Å². The van der Waals surface area contributed by atoms with Gasteiger partial charge in [-0.25, -0.2) is 0 Å². The monoisotopic (exact) mass is 282 g/mol. The predicted octanol–water partition coefficient (Wildman–Crippen LogP) is 2.37. The van der Waals surface area contributed by atoms with Gasteiger partial charge in [-0.3, -0.25) is 0 Å². The van der Waals surface area contributed by atoms with E-state index in [0.717, 1.165) is 31.0 Å². The number of halogens is 1. The third-order valence-electron chi connectivity index (χ3n) is 3.74. The summed E-state index contributed by atoms with van der Waals surface area (Å²) in [7, 11) is 0. The Balaban J connectivity index is 1.90. The Morgan fingerprint density at radius 2 is 2.16 bits per heavy atom. The van der Waals surface area contributed by atoms with Crippen molar-refractivity contribution in [2.45, 2.75) is 37.8 Å². The van der Waals surface area contributed by atoms with Gasteiger partial charge in [0, 0.05) is 30.3 Å². The van der Waals surface area contributed by atoms with E-state index in [0.29, 0.717) is 12.6 Å². The second-order valence-electron chi connectivity index (χ2n) is 5.58. The lowest BCUT2D eigenvalue weighted by atomic mass is 9.92. The van der Waals surface area contributed by atoms with Gasteiger partial charge in [-0.1, -0.05) is 23.7 Å². The van der Waals surface area contributed by atoms with Gasteiger partial charge in [0.25, 0.3) is 0 Å². The van der Waals surface area contributed by atoms with E-state index < -0.39 is 0 Å². The lowest BCUT2D eigenvalue weighted by Gasteiger charge is -2.31. The summed E-state index contributed by atoms with van der Waals surface area (Å²) in [6.07, 6.45) is 3.56. The highest BCUT2D eigenvalue weighted by Gasteiger charge is 2.25. The first-order valence-corrected chi connectivity index (χ1v) is 7.30. The van der Waals surface area contributed by atoms with E-state index in [2.05, 4.69) is 24.4 Å². The van der Waals surface area contributed by atoms with Gasteiger partial charge in [-0.05, 0) is 43.9 Å². The maximum absolute atomic E-state index is 5.94. The van der Waals surface area contributed by atoms with E-state index in [1.54, 1.807) is 0 Å².